The minimum atomic E-state index is -0.454. The molecule has 1 saturated heterocycles. The summed E-state index contributed by atoms with van der Waals surface area (Å²) in [7, 11) is 1.63. The Hall–Kier alpha value is -0.200. The number of aliphatic hydroxyl groups excluding tert-OH is 1. The lowest BCUT2D eigenvalue weighted by atomic mass is 10.0. The topological polar surface area (TPSA) is 60.0 Å². The summed E-state index contributed by atoms with van der Waals surface area (Å²) in [4.78, 5) is 0. The molecule has 1 rings (SSSR count). The van der Waals surface area contributed by atoms with Crippen LogP contribution in [0.2, 0.25) is 0 Å². The van der Waals surface area contributed by atoms with Crippen LogP contribution in [0.4, 0.5) is 0 Å². The first-order chi connectivity index (χ1) is 8.24. The van der Waals surface area contributed by atoms with Crippen LogP contribution in [0.3, 0.4) is 0 Å². The van der Waals surface area contributed by atoms with Gasteiger partial charge in [-0.3, -0.25) is 0 Å². The van der Waals surface area contributed by atoms with Crippen LogP contribution < -0.4 is 5.32 Å². The molecule has 1 aliphatic rings. The van der Waals surface area contributed by atoms with Gasteiger partial charge in [0, 0.05) is 26.8 Å². The molecule has 0 aliphatic carbocycles. The largest absolute Gasteiger partial charge is 0.389 e. The van der Waals surface area contributed by atoms with Crippen LogP contribution in [-0.2, 0) is 14.2 Å². The van der Waals surface area contributed by atoms with Gasteiger partial charge in [-0.05, 0) is 19.3 Å². The van der Waals surface area contributed by atoms with Gasteiger partial charge in [0.25, 0.3) is 0 Å². The van der Waals surface area contributed by atoms with Gasteiger partial charge in [-0.1, -0.05) is 0 Å². The Morgan fingerprint density at radius 2 is 2.29 bits per heavy atom. The molecule has 1 aliphatic heterocycles. The van der Waals surface area contributed by atoms with Crippen molar-refractivity contribution in [1.29, 1.82) is 0 Å². The second kappa shape index (κ2) is 8.83. The summed E-state index contributed by atoms with van der Waals surface area (Å²) in [6.45, 7) is 5.87. The maximum Gasteiger partial charge on any atom is 0.0897 e. The predicted molar refractivity (Wildman–Crippen MR) is 65.1 cm³/mol. The summed E-state index contributed by atoms with van der Waals surface area (Å²) < 4.78 is 15.6. The average Bonchev–Trinajstić information content (AvgIpc) is 2.71. The van der Waals surface area contributed by atoms with E-state index in [1.54, 1.807) is 7.11 Å². The third-order valence-corrected chi connectivity index (χ3v) is 3.06. The van der Waals surface area contributed by atoms with Crippen LogP contribution in [-0.4, -0.2) is 63.9 Å². The lowest BCUT2D eigenvalue weighted by Crippen LogP contribution is -2.35. The third kappa shape index (κ3) is 6.33. The summed E-state index contributed by atoms with van der Waals surface area (Å²) in [5, 5.41) is 12.9. The maximum absolute atomic E-state index is 9.63. The predicted octanol–water partition coefficient (Wildman–Crippen LogP) is 0.0249. The molecule has 5 heteroatoms. The zero-order valence-electron chi connectivity index (χ0n) is 10.9. The van der Waals surface area contributed by atoms with E-state index in [1.165, 1.54) is 0 Å². The molecule has 0 amide bonds. The summed E-state index contributed by atoms with van der Waals surface area (Å²) in [5.74, 6) is 0.566. The number of ether oxygens (including phenoxy) is 3. The van der Waals surface area contributed by atoms with Gasteiger partial charge in [0.1, 0.15) is 0 Å². The van der Waals surface area contributed by atoms with Gasteiger partial charge in [0.15, 0.2) is 0 Å². The van der Waals surface area contributed by atoms with Gasteiger partial charge in [0.05, 0.1) is 32.0 Å². The van der Waals surface area contributed by atoms with E-state index in [4.69, 9.17) is 14.2 Å². The fraction of sp³-hybridized carbons (Fsp3) is 1.00. The van der Waals surface area contributed by atoms with Gasteiger partial charge in [-0.15, -0.1) is 0 Å². The van der Waals surface area contributed by atoms with E-state index in [0.717, 1.165) is 19.6 Å². The van der Waals surface area contributed by atoms with Gasteiger partial charge >= 0.3 is 0 Å². The van der Waals surface area contributed by atoms with E-state index in [9.17, 15) is 5.11 Å². The molecule has 0 aromatic carbocycles. The Bertz CT molecular complexity index is 191. The Morgan fingerprint density at radius 3 is 2.94 bits per heavy atom. The highest BCUT2D eigenvalue weighted by Gasteiger charge is 2.23. The quantitative estimate of drug-likeness (QED) is 0.563. The second-order valence-electron chi connectivity index (χ2n) is 4.50. The third-order valence-electron chi connectivity index (χ3n) is 3.06. The molecule has 0 spiro atoms. The normalized spacial score (nSPS) is 26.3. The van der Waals surface area contributed by atoms with Crippen molar-refractivity contribution in [2.24, 2.45) is 5.92 Å². The van der Waals surface area contributed by atoms with Gasteiger partial charge < -0.3 is 24.6 Å². The van der Waals surface area contributed by atoms with Gasteiger partial charge in [-0.2, -0.15) is 0 Å². The average molecular weight is 247 g/mol. The van der Waals surface area contributed by atoms with Crippen LogP contribution in [0, 0.1) is 5.92 Å². The van der Waals surface area contributed by atoms with Crippen molar-refractivity contribution in [3.05, 3.63) is 0 Å². The smallest absolute Gasteiger partial charge is 0.0897 e. The summed E-state index contributed by atoms with van der Waals surface area (Å²) in [5.41, 5.74) is 0. The zero-order valence-corrected chi connectivity index (χ0v) is 10.9. The van der Waals surface area contributed by atoms with Gasteiger partial charge in [-0.25, -0.2) is 0 Å². The number of aliphatic hydroxyl groups is 1. The number of hydrogen-bond donors (Lipinski definition) is 2. The van der Waals surface area contributed by atoms with Crippen molar-refractivity contribution < 1.29 is 19.3 Å². The number of hydrogen-bond acceptors (Lipinski definition) is 5. The Kier molecular flexibility index (Phi) is 7.72. The highest BCUT2D eigenvalue weighted by Crippen LogP contribution is 2.19. The lowest BCUT2D eigenvalue weighted by Gasteiger charge is -2.17. The molecule has 0 radical (unpaired) electrons. The maximum atomic E-state index is 9.63. The minimum absolute atomic E-state index is 0.331. The van der Waals surface area contributed by atoms with E-state index >= 15 is 0 Å². The molecule has 3 atom stereocenters. The van der Waals surface area contributed by atoms with E-state index in [-0.39, 0.29) is 0 Å². The molecule has 0 saturated carbocycles. The first kappa shape index (κ1) is 14.9. The standard InChI is InChI=1S/C12H25NO4/c1-10-11(3-4-17-10)7-13-8-12(14)9-16-6-5-15-2/h10-14H,3-9H2,1-2H3. The molecule has 17 heavy (non-hydrogen) atoms. The number of rotatable bonds is 9. The molecule has 5 nitrogen and oxygen atoms in total. The SMILES string of the molecule is COCCOCC(O)CNCC1CCOC1C. The van der Waals surface area contributed by atoms with Crippen LogP contribution in [0.15, 0.2) is 0 Å². The Morgan fingerprint density at radius 1 is 1.47 bits per heavy atom. The van der Waals surface area contributed by atoms with Gasteiger partial charge in [0.2, 0.25) is 0 Å². The first-order valence-corrected chi connectivity index (χ1v) is 6.31. The van der Waals surface area contributed by atoms with E-state index < -0.39 is 6.10 Å². The van der Waals surface area contributed by atoms with Crippen molar-refractivity contribution in [3.8, 4) is 0 Å². The van der Waals surface area contributed by atoms with Crippen LogP contribution in [0.5, 0.6) is 0 Å². The molecule has 2 N–H and O–H groups in total. The van der Waals surface area contributed by atoms with Crippen LogP contribution in [0.25, 0.3) is 0 Å². The molecular weight excluding hydrogens is 222 g/mol. The highest BCUT2D eigenvalue weighted by molar-refractivity contribution is 4.75. The Labute approximate surface area is 103 Å². The van der Waals surface area contributed by atoms with Crippen LogP contribution >= 0.6 is 0 Å². The van der Waals surface area contributed by atoms with Crippen molar-refractivity contribution in [2.45, 2.75) is 25.6 Å². The fourth-order valence-corrected chi connectivity index (χ4v) is 1.90. The molecule has 102 valence electrons. The van der Waals surface area contributed by atoms with Crippen molar-refractivity contribution in [2.75, 3.05) is 46.6 Å². The van der Waals surface area contributed by atoms with Crippen molar-refractivity contribution in [3.63, 3.8) is 0 Å². The fourth-order valence-electron chi connectivity index (χ4n) is 1.90. The second-order valence-corrected chi connectivity index (χ2v) is 4.50. The first-order valence-electron chi connectivity index (χ1n) is 6.31. The molecule has 0 aromatic rings. The molecule has 3 unspecified atom stereocenters. The number of methoxy groups -OCH3 is 1. The number of nitrogens with one attached hydrogen (secondary N) is 1. The van der Waals surface area contributed by atoms with E-state index in [0.29, 0.717) is 38.4 Å². The highest BCUT2D eigenvalue weighted by atomic mass is 16.5. The Balaban J connectivity index is 1.94. The molecule has 1 heterocycles. The summed E-state index contributed by atoms with van der Waals surface area (Å²) in [6, 6.07) is 0. The monoisotopic (exact) mass is 247 g/mol. The summed E-state index contributed by atoms with van der Waals surface area (Å²) >= 11 is 0. The lowest BCUT2D eigenvalue weighted by molar-refractivity contribution is 0.0132. The molecular formula is C12H25NO4. The minimum Gasteiger partial charge on any atom is -0.389 e. The molecule has 0 bridgehead atoms. The van der Waals surface area contributed by atoms with E-state index in [1.807, 2.05) is 0 Å². The van der Waals surface area contributed by atoms with Crippen molar-refractivity contribution >= 4 is 0 Å². The van der Waals surface area contributed by atoms with Crippen molar-refractivity contribution in [1.82, 2.24) is 5.32 Å². The summed E-state index contributed by atoms with van der Waals surface area (Å²) in [6.07, 6.45) is 0.983. The van der Waals surface area contributed by atoms with E-state index in [2.05, 4.69) is 12.2 Å². The molecule has 0 aromatic heterocycles. The molecule has 1 fully saturated rings. The van der Waals surface area contributed by atoms with Crippen LogP contribution in [0.1, 0.15) is 13.3 Å². The zero-order chi connectivity index (χ0) is 12.5.